The summed E-state index contributed by atoms with van der Waals surface area (Å²) < 4.78 is 14.8. The molecule has 2 aromatic carbocycles. The number of aromatic nitrogens is 3. The Morgan fingerprint density at radius 3 is 2.62 bits per heavy atom. The molecule has 0 saturated carbocycles. The molecule has 2 heterocycles. The van der Waals surface area contributed by atoms with Gasteiger partial charge in [-0.3, -0.25) is 9.78 Å². The second-order valence-corrected chi connectivity index (χ2v) is 6.79. The van der Waals surface area contributed by atoms with E-state index >= 15 is 0 Å². The van der Waals surface area contributed by atoms with Crippen LogP contribution in [0.3, 0.4) is 0 Å². The van der Waals surface area contributed by atoms with Crippen LogP contribution in [0.1, 0.15) is 16.1 Å². The number of benzene rings is 2. The molecule has 0 radical (unpaired) electrons. The molecule has 0 atom stereocenters. The molecule has 0 spiro atoms. The Balaban J connectivity index is 1.70. The van der Waals surface area contributed by atoms with Crippen molar-refractivity contribution < 1.29 is 9.18 Å². The molecule has 1 N–H and O–H groups in total. The molecule has 0 fully saturated rings. The number of hydrogen-bond acceptors (Lipinski definition) is 3. The monoisotopic (exact) mass is 406 g/mol. The Kier molecular flexibility index (Phi) is 5.35. The number of amides is 1. The third kappa shape index (κ3) is 4.33. The van der Waals surface area contributed by atoms with Gasteiger partial charge in [-0.2, -0.15) is 5.10 Å². The molecular formula is C22H16ClFN4O. The van der Waals surface area contributed by atoms with Crippen LogP contribution in [0.2, 0.25) is 5.02 Å². The van der Waals surface area contributed by atoms with Crippen molar-refractivity contribution in [2.75, 3.05) is 0 Å². The summed E-state index contributed by atoms with van der Waals surface area (Å²) in [5.41, 5.74) is 3.13. The number of nitrogens with one attached hydrogen (secondary N) is 1. The highest BCUT2D eigenvalue weighted by molar-refractivity contribution is 6.30. The average Bonchev–Trinajstić information content (AvgIpc) is 3.19. The van der Waals surface area contributed by atoms with Gasteiger partial charge in [0.15, 0.2) is 0 Å². The smallest absolute Gasteiger partial charge is 0.270 e. The molecule has 0 aliphatic carbocycles. The fourth-order valence-corrected chi connectivity index (χ4v) is 3.07. The van der Waals surface area contributed by atoms with Crippen LogP contribution in [0.4, 0.5) is 4.39 Å². The number of carbonyl (C=O) groups is 1. The van der Waals surface area contributed by atoms with Gasteiger partial charge in [-0.25, -0.2) is 9.07 Å². The first-order valence-electron chi connectivity index (χ1n) is 8.89. The lowest BCUT2D eigenvalue weighted by Crippen LogP contribution is -2.25. The highest BCUT2D eigenvalue weighted by atomic mass is 35.5. The lowest BCUT2D eigenvalue weighted by molar-refractivity contribution is 0.0943. The van der Waals surface area contributed by atoms with Gasteiger partial charge in [0.2, 0.25) is 0 Å². The van der Waals surface area contributed by atoms with E-state index in [0.29, 0.717) is 34.2 Å². The third-order valence-corrected chi connectivity index (χ3v) is 4.55. The fraction of sp³-hybridized carbons (Fsp3) is 0.0455. The molecule has 144 valence electrons. The summed E-state index contributed by atoms with van der Waals surface area (Å²) in [4.78, 5) is 17.0. The van der Waals surface area contributed by atoms with E-state index < -0.39 is 0 Å². The Bertz CT molecular complexity index is 1140. The molecule has 4 aromatic rings. The predicted molar refractivity (Wildman–Crippen MR) is 109 cm³/mol. The SMILES string of the molecule is O=C(NCc1cccnc1)c1cc(-c2ccc(F)cc2)nn1-c1cccc(Cl)c1. The van der Waals surface area contributed by atoms with Crippen LogP contribution < -0.4 is 5.32 Å². The van der Waals surface area contributed by atoms with Crippen LogP contribution in [0.15, 0.2) is 79.1 Å². The minimum Gasteiger partial charge on any atom is -0.347 e. The summed E-state index contributed by atoms with van der Waals surface area (Å²) in [6.45, 7) is 0.333. The van der Waals surface area contributed by atoms with E-state index in [1.807, 2.05) is 18.2 Å². The van der Waals surface area contributed by atoms with Crippen molar-refractivity contribution in [1.82, 2.24) is 20.1 Å². The van der Waals surface area contributed by atoms with E-state index in [1.54, 1.807) is 48.8 Å². The lowest BCUT2D eigenvalue weighted by Gasteiger charge is -2.08. The number of pyridine rings is 1. The zero-order valence-electron chi connectivity index (χ0n) is 15.2. The van der Waals surface area contributed by atoms with E-state index in [1.165, 1.54) is 16.8 Å². The van der Waals surface area contributed by atoms with Gasteiger partial charge in [0.1, 0.15) is 11.5 Å². The van der Waals surface area contributed by atoms with Gasteiger partial charge in [0.05, 0.1) is 11.4 Å². The number of carbonyl (C=O) groups excluding carboxylic acids is 1. The largest absolute Gasteiger partial charge is 0.347 e. The maximum Gasteiger partial charge on any atom is 0.270 e. The van der Waals surface area contributed by atoms with Gasteiger partial charge in [-0.05, 0) is 60.2 Å². The third-order valence-electron chi connectivity index (χ3n) is 4.31. The number of rotatable bonds is 5. The quantitative estimate of drug-likeness (QED) is 0.524. The summed E-state index contributed by atoms with van der Waals surface area (Å²) in [7, 11) is 0. The standard InChI is InChI=1S/C22H16ClFN4O/c23-17-4-1-5-19(11-17)28-21(22(29)26-14-15-3-2-10-25-13-15)12-20(27-28)16-6-8-18(24)9-7-16/h1-13H,14H2,(H,26,29). The molecule has 0 bridgehead atoms. The summed E-state index contributed by atoms with van der Waals surface area (Å²) >= 11 is 6.12. The zero-order valence-corrected chi connectivity index (χ0v) is 16.0. The normalized spacial score (nSPS) is 10.7. The average molecular weight is 407 g/mol. The Hall–Kier alpha value is -3.51. The van der Waals surface area contributed by atoms with Crippen molar-refractivity contribution in [2.24, 2.45) is 0 Å². The molecule has 2 aromatic heterocycles. The van der Waals surface area contributed by atoms with Gasteiger partial charge in [-0.1, -0.05) is 23.7 Å². The molecule has 7 heteroatoms. The number of nitrogens with zero attached hydrogens (tertiary/aromatic N) is 3. The maximum absolute atomic E-state index is 13.3. The first-order valence-corrected chi connectivity index (χ1v) is 9.27. The molecule has 0 saturated heterocycles. The topological polar surface area (TPSA) is 59.8 Å². The lowest BCUT2D eigenvalue weighted by atomic mass is 10.1. The molecule has 0 aliphatic heterocycles. The second-order valence-electron chi connectivity index (χ2n) is 6.36. The van der Waals surface area contributed by atoms with Crippen LogP contribution >= 0.6 is 11.6 Å². The van der Waals surface area contributed by atoms with Gasteiger partial charge < -0.3 is 5.32 Å². The summed E-state index contributed by atoms with van der Waals surface area (Å²) in [6.07, 6.45) is 3.37. The zero-order chi connectivity index (χ0) is 20.2. The molecule has 5 nitrogen and oxygen atoms in total. The van der Waals surface area contributed by atoms with E-state index in [0.717, 1.165) is 5.56 Å². The van der Waals surface area contributed by atoms with E-state index in [-0.39, 0.29) is 11.7 Å². The Morgan fingerprint density at radius 1 is 1.07 bits per heavy atom. The van der Waals surface area contributed by atoms with Crippen molar-refractivity contribution in [1.29, 1.82) is 0 Å². The molecule has 0 aliphatic rings. The Morgan fingerprint density at radius 2 is 1.90 bits per heavy atom. The second kappa shape index (κ2) is 8.24. The molecule has 0 unspecified atom stereocenters. The minimum atomic E-state index is -0.336. The van der Waals surface area contributed by atoms with E-state index in [2.05, 4.69) is 15.4 Å². The van der Waals surface area contributed by atoms with Gasteiger partial charge >= 0.3 is 0 Å². The summed E-state index contributed by atoms with van der Waals surface area (Å²) in [5.74, 6) is -0.632. The van der Waals surface area contributed by atoms with Crippen molar-refractivity contribution in [2.45, 2.75) is 6.54 Å². The van der Waals surface area contributed by atoms with Crippen LogP contribution in [-0.4, -0.2) is 20.7 Å². The summed E-state index contributed by atoms with van der Waals surface area (Å²) in [5, 5.41) is 7.97. The first-order chi connectivity index (χ1) is 14.1. The number of hydrogen-bond donors (Lipinski definition) is 1. The number of halogens is 2. The van der Waals surface area contributed by atoms with Crippen LogP contribution in [0.5, 0.6) is 0 Å². The van der Waals surface area contributed by atoms with Crippen LogP contribution in [0.25, 0.3) is 16.9 Å². The first kappa shape index (κ1) is 18.8. The van der Waals surface area contributed by atoms with Crippen molar-refractivity contribution >= 4 is 17.5 Å². The van der Waals surface area contributed by atoms with Crippen molar-refractivity contribution in [3.63, 3.8) is 0 Å². The minimum absolute atomic E-state index is 0.297. The predicted octanol–water partition coefficient (Wildman–Crippen LogP) is 4.66. The molecular weight excluding hydrogens is 391 g/mol. The van der Waals surface area contributed by atoms with Crippen LogP contribution in [0, 0.1) is 5.82 Å². The highest BCUT2D eigenvalue weighted by Gasteiger charge is 2.18. The van der Waals surface area contributed by atoms with Gasteiger partial charge in [-0.15, -0.1) is 0 Å². The van der Waals surface area contributed by atoms with Crippen molar-refractivity contribution in [3.05, 3.63) is 101 Å². The molecule has 29 heavy (non-hydrogen) atoms. The fourth-order valence-electron chi connectivity index (χ4n) is 2.88. The van der Waals surface area contributed by atoms with Crippen LogP contribution in [-0.2, 0) is 6.54 Å². The molecule has 1 amide bonds. The van der Waals surface area contributed by atoms with E-state index in [4.69, 9.17) is 11.6 Å². The van der Waals surface area contributed by atoms with Gasteiger partial charge in [0.25, 0.3) is 5.91 Å². The van der Waals surface area contributed by atoms with E-state index in [9.17, 15) is 9.18 Å². The highest BCUT2D eigenvalue weighted by Crippen LogP contribution is 2.23. The summed E-state index contributed by atoms with van der Waals surface area (Å²) in [6, 6.07) is 18.4. The van der Waals surface area contributed by atoms with Gasteiger partial charge in [0, 0.05) is 29.5 Å². The maximum atomic E-state index is 13.3. The van der Waals surface area contributed by atoms with Crippen molar-refractivity contribution in [3.8, 4) is 16.9 Å². The molecule has 4 rings (SSSR count). The Labute approximate surface area is 171 Å².